The van der Waals surface area contributed by atoms with Gasteiger partial charge in [-0.1, -0.05) is 0 Å². The summed E-state index contributed by atoms with van der Waals surface area (Å²) in [5, 5.41) is 9.06. The number of rotatable bonds is 7. The van der Waals surface area contributed by atoms with Crippen LogP contribution in [0.15, 0.2) is 12.1 Å². The molecule has 1 rings (SSSR count). The largest absolute Gasteiger partial charge is 0.493 e. The highest BCUT2D eigenvalue weighted by Gasteiger charge is 2.25. The zero-order chi connectivity index (χ0) is 15.3. The van der Waals surface area contributed by atoms with Gasteiger partial charge in [0.15, 0.2) is 11.5 Å². The number of hydrogen-bond donors (Lipinski definition) is 1. The summed E-state index contributed by atoms with van der Waals surface area (Å²) in [5.41, 5.74) is 0.748. The standard InChI is InChI=1S/C14H21NO5/c1-15(2)10(8-12(16)17)9-6-7-11(18-3)14(20-5)13(9)19-4/h6-7,10H,8H2,1-5H3,(H,16,17). The molecule has 1 N–H and O–H groups in total. The normalized spacial score (nSPS) is 12.1. The molecule has 6 nitrogen and oxygen atoms in total. The minimum atomic E-state index is -0.875. The van der Waals surface area contributed by atoms with E-state index in [0.29, 0.717) is 17.2 Å². The second-order valence-electron chi connectivity index (χ2n) is 4.50. The van der Waals surface area contributed by atoms with Crippen molar-refractivity contribution in [2.24, 2.45) is 0 Å². The van der Waals surface area contributed by atoms with E-state index in [1.165, 1.54) is 21.3 Å². The molecule has 0 heterocycles. The molecule has 0 bridgehead atoms. The van der Waals surface area contributed by atoms with E-state index in [2.05, 4.69) is 0 Å². The van der Waals surface area contributed by atoms with Crippen molar-refractivity contribution in [3.63, 3.8) is 0 Å². The molecule has 0 aliphatic heterocycles. The van der Waals surface area contributed by atoms with Crippen LogP contribution in [-0.4, -0.2) is 51.4 Å². The molecule has 0 aliphatic carbocycles. The molecule has 0 aromatic heterocycles. The minimum Gasteiger partial charge on any atom is -0.493 e. The van der Waals surface area contributed by atoms with Crippen molar-refractivity contribution in [3.05, 3.63) is 17.7 Å². The van der Waals surface area contributed by atoms with E-state index in [4.69, 9.17) is 19.3 Å². The van der Waals surface area contributed by atoms with E-state index in [9.17, 15) is 4.79 Å². The van der Waals surface area contributed by atoms with Crippen molar-refractivity contribution >= 4 is 5.97 Å². The van der Waals surface area contributed by atoms with Gasteiger partial charge >= 0.3 is 5.97 Å². The molecule has 0 radical (unpaired) electrons. The fraction of sp³-hybridized carbons (Fsp3) is 0.500. The second-order valence-corrected chi connectivity index (χ2v) is 4.50. The van der Waals surface area contributed by atoms with Crippen molar-refractivity contribution in [1.29, 1.82) is 0 Å². The fourth-order valence-electron chi connectivity index (χ4n) is 2.12. The number of nitrogens with zero attached hydrogens (tertiary/aromatic N) is 1. The van der Waals surface area contributed by atoms with Gasteiger partial charge in [-0.2, -0.15) is 0 Å². The maximum Gasteiger partial charge on any atom is 0.305 e. The summed E-state index contributed by atoms with van der Waals surface area (Å²) in [6.45, 7) is 0. The summed E-state index contributed by atoms with van der Waals surface area (Å²) < 4.78 is 15.9. The Hall–Kier alpha value is -1.95. The van der Waals surface area contributed by atoms with Crippen LogP contribution in [0.25, 0.3) is 0 Å². The van der Waals surface area contributed by atoms with Gasteiger partial charge in [0.2, 0.25) is 5.75 Å². The lowest BCUT2D eigenvalue weighted by molar-refractivity contribution is -0.138. The van der Waals surface area contributed by atoms with E-state index in [0.717, 1.165) is 5.56 Å². The highest BCUT2D eigenvalue weighted by atomic mass is 16.5. The first kappa shape index (κ1) is 16.1. The van der Waals surface area contributed by atoms with E-state index in [-0.39, 0.29) is 12.5 Å². The second kappa shape index (κ2) is 7.00. The number of carboxylic acids is 1. The van der Waals surface area contributed by atoms with Crippen LogP contribution in [0.2, 0.25) is 0 Å². The third-order valence-electron chi connectivity index (χ3n) is 3.08. The number of aliphatic carboxylic acids is 1. The van der Waals surface area contributed by atoms with Crippen LogP contribution in [0, 0.1) is 0 Å². The molecule has 20 heavy (non-hydrogen) atoms. The summed E-state index contributed by atoms with van der Waals surface area (Å²) in [4.78, 5) is 12.9. The van der Waals surface area contributed by atoms with Crippen LogP contribution in [0.4, 0.5) is 0 Å². The summed E-state index contributed by atoms with van der Waals surface area (Å²) in [6, 6.07) is 3.23. The summed E-state index contributed by atoms with van der Waals surface area (Å²) >= 11 is 0. The van der Waals surface area contributed by atoms with Crippen LogP contribution in [0.5, 0.6) is 17.2 Å². The first-order valence-corrected chi connectivity index (χ1v) is 6.13. The quantitative estimate of drug-likeness (QED) is 0.823. The van der Waals surface area contributed by atoms with Gasteiger partial charge in [0.05, 0.1) is 27.8 Å². The Kier molecular flexibility index (Phi) is 5.64. The molecule has 112 valence electrons. The third-order valence-corrected chi connectivity index (χ3v) is 3.08. The Balaban J connectivity index is 3.37. The smallest absolute Gasteiger partial charge is 0.305 e. The predicted octanol–water partition coefficient (Wildman–Crippen LogP) is 1.79. The van der Waals surface area contributed by atoms with Gasteiger partial charge in [0.1, 0.15) is 0 Å². The van der Waals surface area contributed by atoms with Gasteiger partial charge < -0.3 is 24.2 Å². The van der Waals surface area contributed by atoms with Crippen LogP contribution >= 0.6 is 0 Å². The third kappa shape index (κ3) is 3.33. The van der Waals surface area contributed by atoms with E-state index in [1.807, 2.05) is 19.0 Å². The van der Waals surface area contributed by atoms with Gasteiger partial charge in [-0.3, -0.25) is 4.79 Å². The number of benzene rings is 1. The number of hydrogen-bond acceptors (Lipinski definition) is 5. The Morgan fingerprint density at radius 1 is 1.15 bits per heavy atom. The average Bonchev–Trinajstić information content (AvgIpc) is 2.42. The number of ether oxygens (including phenoxy) is 3. The van der Waals surface area contributed by atoms with Gasteiger partial charge in [0, 0.05) is 11.6 Å². The SMILES string of the molecule is COc1ccc(C(CC(=O)O)N(C)C)c(OC)c1OC. The molecule has 0 saturated carbocycles. The Morgan fingerprint density at radius 3 is 2.15 bits per heavy atom. The van der Waals surface area contributed by atoms with Crippen molar-refractivity contribution in [2.45, 2.75) is 12.5 Å². The maximum absolute atomic E-state index is 11.0. The highest BCUT2D eigenvalue weighted by molar-refractivity contribution is 5.69. The minimum absolute atomic E-state index is 0.0289. The zero-order valence-corrected chi connectivity index (χ0v) is 12.5. The zero-order valence-electron chi connectivity index (χ0n) is 12.5. The average molecular weight is 283 g/mol. The van der Waals surface area contributed by atoms with E-state index >= 15 is 0 Å². The number of carboxylic acid groups (broad SMARTS) is 1. The molecular weight excluding hydrogens is 262 g/mol. The number of methoxy groups -OCH3 is 3. The molecule has 1 aromatic carbocycles. The van der Waals surface area contributed by atoms with Crippen LogP contribution < -0.4 is 14.2 Å². The van der Waals surface area contributed by atoms with Gasteiger partial charge in [-0.15, -0.1) is 0 Å². The molecule has 0 spiro atoms. The number of carbonyl (C=O) groups is 1. The lowest BCUT2D eigenvalue weighted by Gasteiger charge is -2.26. The first-order chi connectivity index (χ1) is 9.46. The fourth-order valence-corrected chi connectivity index (χ4v) is 2.12. The van der Waals surface area contributed by atoms with Crippen molar-refractivity contribution in [1.82, 2.24) is 4.90 Å². The molecular formula is C14H21NO5. The maximum atomic E-state index is 11.0. The van der Waals surface area contributed by atoms with Gasteiger partial charge in [0.25, 0.3) is 0 Å². The summed E-state index contributed by atoms with van der Waals surface area (Å²) in [5.74, 6) is 0.623. The molecule has 1 aromatic rings. The van der Waals surface area contributed by atoms with Crippen LogP contribution in [0.3, 0.4) is 0 Å². The van der Waals surface area contributed by atoms with Crippen LogP contribution in [0.1, 0.15) is 18.0 Å². The Labute approximate surface area is 118 Å². The van der Waals surface area contributed by atoms with E-state index in [1.54, 1.807) is 12.1 Å². The summed E-state index contributed by atoms with van der Waals surface area (Å²) in [6.07, 6.45) is -0.0289. The Morgan fingerprint density at radius 2 is 1.75 bits per heavy atom. The van der Waals surface area contributed by atoms with Crippen LogP contribution in [-0.2, 0) is 4.79 Å². The van der Waals surface area contributed by atoms with Crippen molar-refractivity contribution < 1.29 is 24.1 Å². The molecule has 1 atom stereocenters. The Bertz CT molecular complexity index is 473. The van der Waals surface area contributed by atoms with Crippen molar-refractivity contribution in [3.8, 4) is 17.2 Å². The lowest BCUT2D eigenvalue weighted by atomic mass is 10.0. The van der Waals surface area contributed by atoms with Gasteiger partial charge in [-0.25, -0.2) is 0 Å². The predicted molar refractivity (Wildman–Crippen MR) is 74.8 cm³/mol. The van der Waals surface area contributed by atoms with E-state index < -0.39 is 5.97 Å². The topological polar surface area (TPSA) is 68.2 Å². The molecule has 0 fully saturated rings. The highest BCUT2D eigenvalue weighted by Crippen LogP contribution is 2.43. The molecule has 0 amide bonds. The molecule has 1 unspecified atom stereocenters. The van der Waals surface area contributed by atoms with Crippen molar-refractivity contribution in [2.75, 3.05) is 35.4 Å². The van der Waals surface area contributed by atoms with Gasteiger partial charge in [-0.05, 0) is 26.2 Å². The first-order valence-electron chi connectivity index (χ1n) is 6.13. The summed E-state index contributed by atoms with van der Waals surface area (Å²) in [7, 11) is 8.23. The molecule has 6 heteroatoms. The molecule has 0 saturated heterocycles. The lowest BCUT2D eigenvalue weighted by Crippen LogP contribution is -2.23. The monoisotopic (exact) mass is 283 g/mol. The molecule has 0 aliphatic rings.